The van der Waals surface area contributed by atoms with E-state index in [1.54, 1.807) is 0 Å². The van der Waals surface area contributed by atoms with Gasteiger partial charge in [0.15, 0.2) is 0 Å². The van der Waals surface area contributed by atoms with Crippen LogP contribution in [0.3, 0.4) is 0 Å². The summed E-state index contributed by atoms with van der Waals surface area (Å²) in [6.45, 7) is 11.4. The fourth-order valence-corrected chi connectivity index (χ4v) is 3.04. The molecule has 3 N–H and O–H groups in total. The van der Waals surface area contributed by atoms with Crippen molar-refractivity contribution in [3.8, 4) is 0 Å². The maximum absolute atomic E-state index is 3.71. The van der Waals surface area contributed by atoms with E-state index in [-0.39, 0.29) is 11.1 Å². The zero-order valence-corrected chi connectivity index (χ0v) is 11.6. The smallest absolute Gasteiger partial charge is 0.0144 e. The zero-order valence-electron chi connectivity index (χ0n) is 11.6. The van der Waals surface area contributed by atoms with Crippen LogP contribution in [0.4, 0.5) is 0 Å². The van der Waals surface area contributed by atoms with Crippen LogP contribution in [-0.4, -0.2) is 37.3 Å². The molecule has 0 aromatic heterocycles. The lowest BCUT2D eigenvalue weighted by molar-refractivity contribution is 0.146. The van der Waals surface area contributed by atoms with Gasteiger partial charge in [-0.25, -0.2) is 0 Å². The van der Waals surface area contributed by atoms with Crippen LogP contribution in [0.1, 0.15) is 47.0 Å². The lowest BCUT2D eigenvalue weighted by Gasteiger charge is -2.46. The van der Waals surface area contributed by atoms with Crippen LogP contribution in [0.2, 0.25) is 0 Å². The predicted molar refractivity (Wildman–Crippen MR) is 70.9 cm³/mol. The molecule has 1 rings (SSSR count). The number of hydrogen-bond donors (Lipinski definition) is 3. The molecule has 1 heterocycles. The van der Waals surface area contributed by atoms with E-state index in [1.807, 2.05) is 7.05 Å². The van der Waals surface area contributed by atoms with Gasteiger partial charge in [-0.05, 0) is 67.1 Å². The van der Waals surface area contributed by atoms with Crippen molar-refractivity contribution in [3.05, 3.63) is 0 Å². The average molecular weight is 227 g/mol. The van der Waals surface area contributed by atoms with Crippen molar-refractivity contribution in [2.45, 2.75) is 64.1 Å². The van der Waals surface area contributed by atoms with Crippen molar-refractivity contribution in [3.63, 3.8) is 0 Å². The summed E-state index contributed by atoms with van der Waals surface area (Å²) in [7, 11) is 2.01. The molecule has 0 bridgehead atoms. The second-order valence-electron chi connectivity index (χ2n) is 6.41. The third-order valence-electron chi connectivity index (χ3n) is 3.23. The second-order valence-corrected chi connectivity index (χ2v) is 6.41. The van der Waals surface area contributed by atoms with Gasteiger partial charge in [0.2, 0.25) is 0 Å². The van der Waals surface area contributed by atoms with E-state index in [2.05, 4.69) is 43.6 Å². The molecule has 0 atom stereocenters. The molecule has 3 heteroatoms. The maximum Gasteiger partial charge on any atom is 0.0144 e. The molecule has 0 amide bonds. The molecule has 16 heavy (non-hydrogen) atoms. The Labute approximate surface area is 101 Å². The van der Waals surface area contributed by atoms with Gasteiger partial charge in [0.05, 0.1) is 0 Å². The minimum atomic E-state index is 0.252. The van der Waals surface area contributed by atoms with E-state index in [0.717, 1.165) is 13.1 Å². The Kier molecular flexibility index (Phi) is 4.77. The van der Waals surface area contributed by atoms with E-state index in [1.165, 1.54) is 19.3 Å². The summed E-state index contributed by atoms with van der Waals surface area (Å²) in [5, 5.41) is 10.6. The molecule has 0 aliphatic carbocycles. The van der Waals surface area contributed by atoms with E-state index >= 15 is 0 Å². The molecule has 1 aliphatic heterocycles. The Morgan fingerprint density at radius 2 is 1.62 bits per heavy atom. The van der Waals surface area contributed by atoms with Crippen molar-refractivity contribution in [2.24, 2.45) is 0 Å². The molecular formula is C13H29N3. The number of rotatable bonds is 5. The first-order valence-corrected chi connectivity index (χ1v) is 6.52. The third kappa shape index (κ3) is 4.81. The minimum absolute atomic E-state index is 0.252. The number of hydrogen-bond acceptors (Lipinski definition) is 3. The highest BCUT2D eigenvalue weighted by atomic mass is 15.1. The SMILES string of the molecule is CNCCCNC1CC(C)(C)NC(C)(C)C1. The average Bonchev–Trinajstić information content (AvgIpc) is 2.07. The van der Waals surface area contributed by atoms with Crippen LogP contribution < -0.4 is 16.0 Å². The molecule has 1 aliphatic rings. The van der Waals surface area contributed by atoms with Crippen LogP contribution in [0, 0.1) is 0 Å². The monoisotopic (exact) mass is 227 g/mol. The Bertz CT molecular complexity index is 195. The molecule has 0 saturated carbocycles. The lowest BCUT2D eigenvalue weighted by atomic mass is 9.79. The molecular weight excluding hydrogens is 198 g/mol. The van der Waals surface area contributed by atoms with E-state index < -0.39 is 0 Å². The van der Waals surface area contributed by atoms with Gasteiger partial charge in [0.1, 0.15) is 0 Å². The van der Waals surface area contributed by atoms with E-state index in [0.29, 0.717) is 6.04 Å². The van der Waals surface area contributed by atoms with Crippen molar-refractivity contribution in [1.82, 2.24) is 16.0 Å². The van der Waals surface area contributed by atoms with E-state index in [4.69, 9.17) is 0 Å². The predicted octanol–water partition coefficient (Wildman–Crippen LogP) is 1.49. The quantitative estimate of drug-likeness (QED) is 0.623. The molecule has 0 radical (unpaired) electrons. The van der Waals surface area contributed by atoms with Crippen molar-refractivity contribution in [2.75, 3.05) is 20.1 Å². The first kappa shape index (κ1) is 13.9. The molecule has 0 spiro atoms. The van der Waals surface area contributed by atoms with Crippen LogP contribution in [-0.2, 0) is 0 Å². The number of piperidine rings is 1. The summed E-state index contributed by atoms with van der Waals surface area (Å²) in [6.07, 6.45) is 3.65. The van der Waals surface area contributed by atoms with E-state index in [9.17, 15) is 0 Å². The Balaban J connectivity index is 2.36. The largest absolute Gasteiger partial charge is 0.320 e. The molecule has 0 aromatic rings. The molecule has 3 nitrogen and oxygen atoms in total. The Morgan fingerprint density at radius 3 is 2.12 bits per heavy atom. The Hall–Kier alpha value is -0.120. The third-order valence-corrected chi connectivity index (χ3v) is 3.23. The topological polar surface area (TPSA) is 36.1 Å². The van der Waals surface area contributed by atoms with Gasteiger partial charge in [0, 0.05) is 17.1 Å². The van der Waals surface area contributed by atoms with Crippen molar-refractivity contribution < 1.29 is 0 Å². The van der Waals surface area contributed by atoms with Gasteiger partial charge in [0.25, 0.3) is 0 Å². The maximum atomic E-state index is 3.71. The normalized spacial score (nSPS) is 24.6. The summed E-state index contributed by atoms with van der Waals surface area (Å²) < 4.78 is 0. The summed E-state index contributed by atoms with van der Waals surface area (Å²) in [6, 6.07) is 0.656. The van der Waals surface area contributed by atoms with Gasteiger partial charge in [-0.2, -0.15) is 0 Å². The molecule has 1 saturated heterocycles. The fourth-order valence-electron chi connectivity index (χ4n) is 3.04. The first-order valence-electron chi connectivity index (χ1n) is 6.52. The fraction of sp³-hybridized carbons (Fsp3) is 1.00. The van der Waals surface area contributed by atoms with Crippen LogP contribution in [0.25, 0.3) is 0 Å². The van der Waals surface area contributed by atoms with Crippen LogP contribution in [0.5, 0.6) is 0 Å². The highest BCUT2D eigenvalue weighted by molar-refractivity contribution is 4.99. The summed E-state index contributed by atoms with van der Waals surface area (Å²) in [5.41, 5.74) is 0.505. The van der Waals surface area contributed by atoms with Gasteiger partial charge < -0.3 is 16.0 Å². The molecule has 1 fully saturated rings. The van der Waals surface area contributed by atoms with Crippen LogP contribution >= 0.6 is 0 Å². The first-order chi connectivity index (χ1) is 7.35. The molecule has 0 unspecified atom stereocenters. The second kappa shape index (κ2) is 5.48. The minimum Gasteiger partial charge on any atom is -0.320 e. The lowest BCUT2D eigenvalue weighted by Crippen LogP contribution is -2.61. The van der Waals surface area contributed by atoms with Crippen molar-refractivity contribution in [1.29, 1.82) is 0 Å². The van der Waals surface area contributed by atoms with Crippen LogP contribution in [0.15, 0.2) is 0 Å². The van der Waals surface area contributed by atoms with Gasteiger partial charge in [-0.15, -0.1) is 0 Å². The highest BCUT2D eigenvalue weighted by Gasteiger charge is 2.37. The van der Waals surface area contributed by atoms with Gasteiger partial charge in [-0.3, -0.25) is 0 Å². The standard InChI is InChI=1S/C13H29N3/c1-12(2)9-11(10-13(3,4)16-12)15-8-6-7-14-5/h11,14-16H,6-10H2,1-5H3. The summed E-state index contributed by atoms with van der Waals surface area (Å²) in [5.74, 6) is 0. The van der Waals surface area contributed by atoms with Gasteiger partial charge in [-0.1, -0.05) is 0 Å². The highest BCUT2D eigenvalue weighted by Crippen LogP contribution is 2.28. The van der Waals surface area contributed by atoms with Crippen molar-refractivity contribution >= 4 is 0 Å². The molecule has 96 valence electrons. The summed E-state index contributed by atoms with van der Waals surface area (Å²) in [4.78, 5) is 0. The zero-order chi connectivity index (χ0) is 12.2. The molecule has 0 aromatic carbocycles. The van der Waals surface area contributed by atoms with Gasteiger partial charge >= 0.3 is 0 Å². The Morgan fingerprint density at radius 1 is 1.06 bits per heavy atom. The summed E-state index contributed by atoms with van der Waals surface area (Å²) >= 11 is 0. The number of nitrogens with one attached hydrogen (secondary N) is 3.